The molecule has 1 rings (SSSR count). The first-order valence-electron chi connectivity index (χ1n) is 4.63. The van der Waals surface area contributed by atoms with E-state index in [1.807, 2.05) is 6.92 Å². The fourth-order valence-corrected chi connectivity index (χ4v) is 1.06. The molecular weight excluding hydrogens is 204 g/mol. The molecular formula is C10H11BF3O-. The van der Waals surface area contributed by atoms with Gasteiger partial charge in [-0.05, 0) is 24.6 Å². The van der Waals surface area contributed by atoms with E-state index < -0.39 is 6.98 Å². The molecule has 15 heavy (non-hydrogen) atoms. The molecule has 0 aromatic heterocycles. The molecule has 0 N–H and O–H groups in total. The zero-order valence-electron chi connectivity index (χ0n) is 8.29. The lowest BCUT2D eigenvalue weighted by molar-refractivity contribution is 0.340. The smallest absolute Gasteiger partial charge is 0.494 e. The van der Waals surface area contributed by atoms with Crippen LogP contribution in [0.1, 0.15) is 12.5 Å². The van der Waals surface area contributed by atoms with Crippen LogP contribution in [-0.2, 0) is 0 Å². The summed E-state index contributed by atoms with van der Waals surface area (Å²) in [6.07, 6.45) is 1.05. The first-order chi connectivity index (χ1) is 7.01. The molecule has 1 aromatic rings. The molecule has 0 atom stereocenters. The number of hydrogen-bond acceptors (Lipinski definition) is 1. The highest BCUT2D eigenvalue weighted by atomic mass is 19.4. The predicted molar refractivity (Wildman–Crippen MR) is 55.7 cm³/mol. The Kier molecular flexibility index (Phi) is 3.83. The van der Waals surface area contributed by atoms with Gasteiger partial charge in [0, 0.05) is 0 Å². The van der Waals surface area contributed by atoms with E-state index in [4.69, 9.17) is 4.74 Å². The third-order valence-electron chi connectivity index (χ3n) is 1.70. The minimum atomic E-state index is -4.86. The maximum atomic E-state index is 11.9. The molecule has 0 fully saturated rings. The fraction of sp³-hybridized carbons (Fsp3) is 0.200. The zero-order valence-corrected chi connectivity index (χ0v) is 8.29. The van der Waals surface area contributed by atoms with Crippen molar-refractivity contribution in [2.45, 2.75) is 6.92 Å². The van der Waals surface area contributed by atoms with E-state index in [-0.39, 0.29) is 5.98 Å². The van der Waals surface area contributed by atoms with Gasteiger partial charge in [0.05, 0.1) is 6.61 Å². The molecule has 0 radical (unpaired) electrons. The standard InChI is InChI=1S/C10H11BF3O/c1-2-15-10-5-3-9(4-6-10)7-8-11(12,13)14/h3-8H,2H2,1H3/q-1/b8-7+. The Bertz CT molecular complexity index is 330. The van der Waals surface area contributed by atoms with Crippen molar-refractivity contribution in [2.24, 2.45) is 0 Å². The van der Waals surface area contributed by atoms with Crippen molar-refractivity contribution < 1.29 is 17.7 Å². The third kappa shape index (κ3) is 4.58. The van der Waals surface area contributed by atoms with Crippen LogP contribution in [0.15, 0.2) is 30.2 Å². The Morgan fingerprint density at radius 3 is 2.27 bits per heavy atom. The summed E-state index contributed by atoms with van der Waals surface area (Å²) in [6, 6.07) is 6.46. The lowest BCUT2D eigenvalue weighted by Gasteiger charge is -2.06. The molecule has 0 spiro atoms. The fourth-order valence-electron chi connectivity index (χ4n) is 1.06. The molecule has 0 heterocycles. The minimum Gasteiger partial charge on any atom is -0.494 e. The highest BCUT2D eigenvalue weighted by Crippen LogP contribution is 2.16. The van der Waals surface area contributed by atoms with Crippen LogP contribution in [0, 0.1) is 0 Å². The van der Waals surface area contributed by atoms with Gasteiger partial charge >= 0.3 is 6.98 Å². The normalized spacial score (nSPS) is 12.0. The van der Waals surface area contributed by atoms with Crippen LogP contribution in [0.5, 0.6) is 5.75 Å². The van der Waals surface area contributed by atoms with Crippen LogP contribution in [0.3, 0.4) is 0 Å². The Labute approximate surface area is 86.6 Å². The monoisotopic (exact) mass is 215 g/mol. The van der Waals surface area contributed by atoms with Gasteiger partial charge in [0.15, 0.2) is 0 Å². The van der Waals surface area contributed by atoms with Gasteiger partial charge in [-0.1, -0.05) is 18.2 Å². The molecule has 0 aliphatic rings. The van der Waals surface area contributed by atoms with Crippen LogP contribution in [-0.4, -0.2) is 13.6 Å². The molecule has 0 aliphatic heterocycles. The number of hydrogen-bond donors (Lipinski definition) is 0. The van der Waals surface area contributed by atoms with E-state index >= 15 is 0 Å². The van der Waals surface area contributed by atoms with E-state index in [0.717, 1.165) is 6.08 Å². The SMILES string of the molecule is CCOc1ccc(/C=C/[B-](F)(F)F)cc1. The second-order valence-corrected chi connectivity index (χ2v) is 2.99. The summed E-state index contributed by atoms with van der Waals surface area (Å²) in [7, 11) is 0. The summed E-state index contributed by atoms with van der Waals surface area (Å²) in [6.45, 7) is -2.47. The predicted octanol–water partition coefficient (Wildman–Crippen LogP) is 3.49. The number of benzene rings is 1. The molecule has 0 amide bonds. The maximum Gasteiger partial charge on any atom is 0.502 e. The van der Waals surface area contributed by atoms with E-state index in [1.165, 1.54) is 0 Å². The Morgan fingerprint density at radius 1 is 1.20 bits per heavy atom. The van der Waals surface area contributed by atoms with Gasteiger partial charge in [-0.15, -0.1) is 5.98 Å². The molecule has 0 saturated heterocycles. The Morgan fingerprint density at radius 2 is 1.80 bits per heavy atom. The van der Waals surface area contributed by atoms with Crippen molar-refractivity contribution in [3.63, 3.8) is 0 Å². The minimum absolute atomic E-state index is 0.273. The van der Waals surface area contributed by atoms with Crippen molar-refractivity contribution in [1.82, 2.24) is 0 Å². The van der Waals surface area contributed by atoms with Gasteiger partial charge in [-0.3, -0.25) is 0 Å². The zero-order chi connectivity index (χ0) is 11.3. The maximum absolute atomic E-state index is 11.9. The average molecular weight is 215 g/mol. The molecule has 82 valence electrons. The Hall–Kier alpha value is -1.39. The quantitative estimate of drug-likeness (QED) is 0.698. The second kappa shape index (κ2) is 4.91. The summed E-state index contributed by atoms with van der Waals surface area (Å²) in [5.41, 5.74) is 0.512. The van der Waals surface area contributed by atoms with Crippen molar-refractivity contribution in [2.75, 3.05) is 6.61 Å². The molecule has 0 bridgehead atoms. The molecule has 5 heteroatoms. The van der Waals surface area contributed by atoms with Gasteiger partial charge in [-0.25, -0.2) is 0 Å². The first kappa shape index (κ1) is 11.7. The number of halogens is 3. The van der Waals surface area contributed by atoms with E-state index in [9.17, 15) is 12.9 Å². The number of ether oxygens (including phenoxy) is 1. The average Bonchev–Trinajstić information content (AvgIpc) is 2.16. The van der Waals surface area contributed by atoms with Gasteiger partial charge in [0.25, 0.3) is 0 Å². The van der Waals surface area contributed by atoms with Gasteiger partial charge in [0.2, 0.25) is 0 Å². The molecule has 0 saturated carbocycles. The second-order valence-electron chi connectivity index (χ2n) is 2.99. The lowest BCUT2D eigenvalue weighted by Crippen LogP contribution is -2.09. The lowest BCUT2D eigenvalue weighted by atomic mass is 9.91. The van der Waals surface area contributed by atoms with E-state index in [1.54, 1.807) is 24.3 Å². The van der Waals surface area contributed by atoms with Crippen LogP contribution in [0.4, 0.5) is 12.9 Å². The summed E-state index contributed by atoms with van der Waals surface area (Å²) >= 11 is 0. The van der Waals surface area contributed by atoms with Crippen LogP contribution < -0.4 is 4.74 Å². The summed E-state index contributed by atoms with van der Waals surface area (Å²) in [5, 5.41) is 0. The molecule has 1 aromatic carbocycles. The van der Waals surface area contributed by atoms with E-state index in [0.29, 0.717) is 17.9 Å². The Balaban J connectivity index is 2.68. The number of rotatable bonds is 4. The third-order valence-corrected chi connectivity index (χ3v) is 1.70. The van der Waals surface area contributed by atoms with Crippen molar-refractivity contribution in [3.8, 4) is 5.75 Å². The van der Waals surface area contributed by atoms with E-state index in [2.05, 4.69) is 0 Å². The van der Waals surface area contributed by atoms with Gasteiger partial charge in [0.1, 0.15) is 5.75 Å². The highest BCUT2D eigenvalue weighted by Gasteiger charge is 2.16. The first-order valence-corrected chi connectivity index (χ1v) is 4.63. The summed E-state index contributed by atoms with van der Waals surface area (Å²) in [5.74, 6) is 0.933. The van der Waals surface area contributed by atoms with Gasteiger partial charge in [-0.2, -0.15) is 0 Å². The summed E-state index contributed by atoms with van der Waals surface area (Å²) < 4.78 is 40.8. The molecule has 1 nitrogen and oxygen atoms in total. The molecule has 0 aliphatic carbocycles. The van der Waals surface area contributed by atoms with Gasteiger partial charge < -0.3 is 17.7 Å². The van der Waals surface area contributed by atoms with Crippen molar-refractivity contribution >= 4 is 13.1 Å². The topological polar surface area (TPSA) is 9.23 Å². The van der Waals surface area contributed by atoms with Crippen LogP contribution in [0.25, 0.3) is 6.08 Å². The molecule has 0 unspecified atom stereocenters. The van der Waals surface area contributed by atoms with Crippen LogP contribution in [0.2, 0.25) is 0 Å². The highest BCUT2D eigenvalue weighted by molar-refractivity contribution is 6.64. The van der Waals surface area contributed by atoms with Crippen molar-refractivity contribution in [3.05, 3.63) is 35.8 Å². The summed E-state index contributed by atoms with van der Waals surface area (Å²) in [4.78, 5) is 0. The van der Waals surface area contributed by atoms with Crippen molar-refractivity contribution in [1.29, 1.82) is 0 Å². The largest absolute Gasteiger partial charge is 0.502 e. The van der Waals surface area contributed by atoms with Crippen LogP contribution >= 0.6 is 0 Å².